The molecule has 0 unspecified atom stereocenters. The van der Waals surface area contributed by atoms with Crippen molar-refractivity contribution >= 4 is 5.97 Å². The van der Waals surface area contributed by atoms with Crippen LogP contribution in [0.4, 0.5) is 0 Å². The van der Waals surface area contributed by atoms with E-state index < -0.39 is 5.97 Å². The molecule has 1 aromatic heterocycles. The third-order valence-corrected chi connectivity index (χ3v) is 2.76. The minimum Gasteiger partial charge on any atom is -0.481 e. The van der Waals surface area contributed by atoms with Gasteiger partial charge in [-0.15, -0.1) is 5.10 Å². The van der Waals surface area contributed by atoms with Gasteiger partial charge < -0.3 is 14.6 Å². The molecule has 1 N–H and O–H groups in total. The smallest absolute Gasteiger partial charge is 0.303 e. The third-order valence-electron chi connectivity index (χ3n) is 2.76. The number of carboxylic acid groups (broad SMARTS) is 1. The maximum atomic E-state index is 10.4. The highest BCUT2D eigenvalue weighted by atomic mass is 16.5. The molecule has 20 heavy (non-hydrogen) atoms. The van der Waals surface area contributed by atoms with E-state index in [2.05, 4.69) is 10.3 Å². The van der Waals surface area contributed by atoms with Crippen LogP contribution < -0.4 is 0 Å². The third kappa shape index (κ3) is 7.85. The van der Waals surface area contributed by atoms with E-state index in [4.69, 9.17) is 14.6 Å². The second-order valence-electron chi connectivity index (χ2n) is 4.53. The summed E-state index contributed by atoms with van der Waals surface area (Å²) < 4.78 is 12.1. The Labute approximate surface area is 118 Å². The van der Waals surface area contributed by atoms with Gasteiger partial charge in [0, 0.05) is 32.9 Å². The molecule has 0 atom stereocenters. The SMILES string of the molecule is COCCCOCCn1cc(CCCCC(=O)O)nn1. The quantitative estimate of drug-likeness (QED) is 0.579. The Morgan fingerprint density at radius 3 is 2.90 bits per heavy atom. The Bertz CT molecular complexity index is 381. The number of unbranched alkanes of at least 4 members (excludes halogenated alkanes) is 1. The summed E-state index contributed by atoms with van der Waals surface area (Å²) in [5, 5.41) is 16.6. The number of nitrogens with zero attached hydrogens (tertiary/aromatic N) is 3. The zero-order chi connectivity index (χ0) is 14.6. The molecule has 0 amide bonds. The van der Waals surface area contributed by atoms with Crippen LogP contribution in [0, 0.1) is 0 Å². The van der Waals surface area contributed by atoms with E-state index in [9.17, 15) is 4.79 Å². The first-order valence-electron chi connectivity index (χ1n) is 6.90. The van der Waals surface area contributed by atoms with Crippen LogP contribution in [0.15, 0.2) is 6.20 Å². The molecular formula is C13H23N3O4. The van der Waals surface area contributed by atoms with Gasteiger partial charge in [0.2, 0.25) is 0 Å². The lowest BCUT2D eigenvalue weighted by Crippen LogP contribution is -2.08. The number of rotatable bonds is 12. The fourth-order valence-electron chi connectivity index (χ4n) is 1.71. The maximum absolute atomic E-state index is 10.4. The Morgan fingerprint density at radius 1 is 1.30 bits per heavy atom. The van der Waals surface area contributed by atoms with E-state index in [1.807, 2.05) is 6.20 Å². The van der Waals surface area contributed by atoms with Crippen molar-refractivity contribution in [1.82, 2.24) is 15.0 Å². The molecule has 0 aromatic carbocycles. The summed E-state index contributed by atoms with van der Waals surface area (Å²) in [6.45, 7) is 2.68. The maximum Gasteiger partial charge on any atom is 0.303 e. The topological polar surface area (TPSA) is 86.5 Å². The van der Waals surface area contributed by atoms with Gasteiger partial charge in [-0.25, -0.2) is 4.68 Å². The van der Waals surface area contributed by atoms with Crippen LogP contribution in [0.25, 0.3) is 0 Å². The molecule has 0 radical (unpaired) electrons. The van der Waals surface area contributed by atoms with Gasteiger partial charge in [-0.1, -0.05) is 5.21 Å². The molecule has 0 saturated heterocycles. The summed E-state index contributed by atoms with van der Waals surface area (Å²) in [4.78, 5) is 10.4. The van der Waals surface area contributed by atoms with Crippen molar-refractivity contribution in [2.24, 2.45) is 0 Å². The number of aliphatic carboxylic acids is 1. The molecule has 0 aliphatic heterocycles. The van der Waals surface area contributed by atoms with Crippen LogP contribution in [0.2, 0.25) is 0 Å². The first-order valence-corrected chi connectivity index (χ1v) is 6.90. The fourth-order valence-corrected chi connectivity index (χ4v) is 1.71. The lowest BCUT2D eigenvalue weighted by molar-refractivity contribution is -0.137. The molecule has 7 nitrogen and oxygen atoms in total. The highest BCUT2D eigenvalue weighted by Gasteiger charge is 2.02. The number of methoxy groups -OCH3 is 1. The lowest BCUT2D eigenvalue weighted by atomic mass is 10.1. The number of ether oxygens (including phenoxy) is 2. The normalized spacial score (nSPS) is 10.8. The predicted octanol–water partition coefficient (Wildman–Crippen LogP) is 1.13. The van der Waals surface area contributed by atoms with E-state index in [1.54, 1.807) is 11.8 Å². The van der Waals surface area contributed by atoms with Gasteiger partial charge in [-0.05, 0) is 25.7 Å². The lowest BCUT2D eigenvalue weighted by Gasteiger charge is -2.03. The van der Waals surface area contributed by atoms with Crippen molar-refractivity contribution in [3.05, 3.63) is 11.9 Å². The Morgan fingerprint density at radius 2 is 2.15 bits per heavy atom. The Hall–Kier alpha value is -1.47. The first-order chi connectivity index (χ1) is 9.72. The van der Waals surface area contributed by atoms with Gasteiger partial charge in [-0.3, -0.25) is 4.79 Å². The second-order valence-corrected chi connectivity index (χ2v) is 4.53. The Kier molecular flexibility index (Phi) is 8.57. The number of carbonyl (C=O) groups is 1. The monoisotopic (exact) mass is 285 g/mol. The molecule has 0 saturated carbocycles. The predicted molar refractivity (Wildman–Crippen MR) is 72.5 cm³/mol. The summed E-state index contributed by atoms with van der Waals surface area (Å²) >= 11 is 0. The van der Waals surface area contributed by atoms with Crippen LogP contribution >= 0.6 is 0 Å². The summed E-state index contributed by atoms with van der Waals surface area (Å²) in [5.41, 5.74) is 0.898. The minimum atomic E-state index is -0.751. The van der Waals surface area contributed by atoms with Crippen LogP contribution in [0.1, 0.15) is 31.4 Å². The number of aryl methyl sites for hydroxylation is 1. The Balaban J connectivity index is 2.08. The van der Waals surface area contributed by atoms with E-state index in [-0.39, 0.29) is 6.42 Å². The highest BCUT2D eigenvalue weighted by Crippen LogP contribution is 2.03. The van der Waals surface area contributed by atoms with E-state index in [1.165, 1.54) is 0 Å². The number of carboxylic acids is 1. The van der Waals surface area contributed by atoms with Gasteiger partial charge in [-0.2, -0.15) is 0 Å². The molecule has 0 bridgehead atoms. The fraction of sp³-hybridized carbons (Fsp3) is 0.769. The minimum absolute atomic E-state index is 0.212. The second kappa shape index (κ2) is 10.3. The largest absolute Gasteiger partial charge is 0.481 e. The number of aromatic nitrogens is 3. The van der Waals surface area contributed by atoms with Gasteiger partial charge in [0.25, 0.3) is 0 Å². The molecule has 1 rings (SSSR count). The molecule has 114 valence electrons. The van der Waals surface area contributed by atoms with Crippen molar-refractivity contribution in [1.29, 1.82) is 0 Å². The first kappa shape index (κ1) is 16.6. The molecule has 0 spiro atoms. The van der Waals surface area contributed by atoms with E-state index in [0.717, 1.165) is 25.0 Å². The molecule has 0 aliphatic carbocycles. The molecule has 0 fully saturated rings. The summed E-state index contributed by atoms with van der Waals surface area (Å²) in [5.74, 6) is -0.751. The summed E-state index contributed by atoms with van der Waals surface area (Å²) in [6, 6.07) is 0. The zero-order valence-electron chi connectivity index (χ0n) is 12.0. The zero-order valence-corrected chi connectivity index (χ0v) is 12.0. The van der Waals surface area contributed by atoms with Crippen LogP contribution in [0.3, 0.4) is 0 Å². The van der Waals surface area contributed by atoms with Crippen molar-refractivity contribution in [2.75, 3.05) is 26.9 Å². The molecule has 1 aromatic rings. The van der Waals surface area contributed by atoms with Crippen molar-refractivity contribution in [3.63, 3.8) is 0 Å². The van der Waals surface area contributed by atoms with Crippen molar-refractivity contribution in [2.45, 2.75) is 38.6 Å². The van der Waals surface area contributed by atoms with E-state index in [0.29, 0.717) is 32.8 Å². The molecule has 1 heterocycles. The number of hydrogen-bond donors (Lipinski definition) is 1. The summed E-state index contributed by atoms with van der Waals surface area (Å²) in [6.07, 6.45) is 5.25. The van der Waals surface area contributed by atoms with Gasteiger partial charge in [0.1, 0.15) is 0 Å². The molecular weight excluding hydrogens is 262 g/mol. The van der Waals surface area contributed by atoms with Crippen molar-refractivity contribution < 1.29 is 19.4 Å². The van der Waals surface area contributed by atoms with E-state index >= 15 is 0 Å². The van der Waals surface area contributed by atoms with Gasteiger partial charge in [0.15, 0.2) is 0 Å². The van der Waals surface area contributed by atoms with Gasteiger partial charge in [0.05, 0.1) is 18.8 Å². The number of hydrogen-bond acceptors (Lipinski definition) is 5. The van der Waals surface area contributed by atoms with Crippen LogP contribution in [-0.2, 0) is 27.2 Å². The summed E-state index contributed by atoms with van der Waals surface area (Å²) in [7, 11) is 1.67. The molecule has 7 heteroatoms. The van der Waals surface area contributed by atoms with Gasteiger partial charge >= 0.3 is 5.97 Å². The highest BCUT2D eigenvalue weighted by molar-refractivity contribution is 5.66. The molecule has 0 aliphatic rings. The van der Waals surface area contributed by atoms with Crippen LogP contribution in [-0.4, -0.2) is 53.0 Å². The average molecular weight is 285 g/mol. The van der Waals surface area contributed by atoms with Crippen LogP contribution in [0.5, 0.6) is 0 Å². The standard InChI is InChI=1S/C13H23N3O4/c1-19-8-4-9-20-10-7-16-11-12(14-15-16)5-2-3-6-13(17)18/h11H,2-10H2,1H3,(H,17,18). The van der Waals surface area contributed by atoms with Crippen molar-refractivity contribution in [3.8, 4) is 0 Å². The average Bonchev–Trinajstić information content (AvgIpc) is 2.86.